The van der Waals surface area contributed by atoms with E-state index in [-0.39, 0.29) is 0 Å². The van der Waals surface area contributed by atoms with Crippen LogP contribution in [0.15, 0.2) is 0 Å². The van der Waals surface area contributed by atoms with Crippen LogP contribution in [0.2, 0.25) is 0 Å². The number of methoxy groups -OCH3 is 1. The Hall–Kier alpha value is -0.0800. The standard InChI is InChI=1S/C13H28O2/c1-3-10-13(15-2)11-8-6-4-5-7-9-12-14/h13-14H,3-12H2,1-2H3. The molecule has 0 heterocycles. The summed E-state index contributed by atoms with van der Waals surface area (Å²) in [5.41, 5.74) is 0. The lowest BCUT2D eigenvalue weighted by atomic mass is 10.0. The summed E-state index contributed by atoms with van der Waals surface area (Å²) in [6.45, 7) is 2.56. The predicted octanol–water partition coefficient (Wildman–Crippen LogP) is 3.52. The highest BCUT2D eigenvalue weighted by molar-refractivity contribution is 4.57. The van der Waals surface area contributed by atoms with E-state index in [1.54, 1.807) is 0 Å². The van der Waals surface area contributed by atoms with Crippen LogP contribution in [-0.2, 0) is 4.74 Å². The van der Waals surface area contributed by atoms with Crippen LogP contribution in [0.1, 0.15) is 64.7 Å². The van der Waals surface area contributed by atoms with E-state index in [1.807, 2.05) is 7.11 Å². The van der Waals surface area contributed by atoms with Crippen LogP contribution in [0, 0.1) is 0 Å². The summed E-state index contributed by atoms with van der Waals surface area (Å²) >= 11 is 0. The molecule has 1 atom stereocenters. The van der Waals surface area contributed by atoms with Gasteiger partial charge in [-0.1, -0.05) is 45.4 Å². The molecule has 0 rings (SSSR count). The van der Waals surface area contributed by atoms with Gasteiger partial charge in [-0.25, -0.2) is 0 Å². The monoisotopic (exact) mass is 216 g/mol. The zero-order valence-electron chi connectivity index (χ0n) is 10.5. The number of unbranched alkanes of at least 4 members (excludes halogenated alkanes) is 5. The van der Waals surface area contributed by atoms with E-state index < -0.39 is 0 Å². The Kier molecular flexibility index (Phi) is 11.9. The van der Waals surface area contributed by atoms with Crippen LogP contribution in [-0.4, -0.2) is 24.9 Å². The third-order valence-corrected chi connectivity index (χ3v) is 2.88. The van der Waals surface area contributed by atoms with Crippen molar-refractivity contribution in [3.05, 3.63) is 0 Å². The average molecular weight is 216 g/mol. The second-order valence-corrected chi connectivity index (χ2v) is 4.28. The largest absolute Gasteiger partial charge is 0.396 e. The average Bonchev–Trinajstić information content (AvgIpc) is 2.26. The van der Waals surface area contributed by atoms with Crippen molar-refractivity contribution in [1.29, 1.82) is 0 Å². The van der Waals surface area contributed by atoms with Gasteiger partial charge in [-0.2, -0.15) is 0 Å². The molecule has 0 aromatic heterocycles. The first kappa shape index (κ1) is 14.9. The molecular formula is C13H28O2. The second kappa shape index (κ2) is 12.0. The molecule has 0 aromatic carbocycles. The third-order valence-electron chi connectivity index (χ3n) is 2.88. The molecule has 0 radical (unpaired) electrons. The molecule has 0 amide bonds. The molecule has 0 aliphatic rings. The zero-order valence-corrected chi connectivity index (χ0v) is 10.5. The van der Waals surface area contributed by atoms with Crippen molar-refractivity contribution in [2.75, 3.05) is 13.7 Å². The molecule has 1 N–H and O–H groups in total. The Bertz CT molecular complexity index is 115. The zero-order chi connectivity index (χ0) is 11.4. The molecule has 0 spiro atoms. The fraction of sp³-hybridized carbons (Fsp3) is 1.00. The Labute approximate surface area is 95.0 Å². The number of aliphatic hydroxyl groups is 1. The molecule has 0 aliphatic heterocycles. The van der Waals surface area contributed by atoms with Gasteiger partial charge in [0.1, 0.15) is 0 Å². The molecule has 15 heavy (non-hydrogen) atoms. The third kappa shape index (κ3) is 10.2. The highest BCUT2D eigenvalue weighted by atomic mass is 16.5. The molecule has 0 aliphatic carbocycles. The fourth-order valence-electron chi connectivity index (χ4n) is 1.89. The van der Waals surface area contributed by atoms with Crippen molar-refractivity contribution in [1.82, 2.24) is 0 Å². The minimum absolute atomic E-state index is 0.349. The van der Waals surface area contributed by atoms with Crippen molar-refractivity contribution in [3.63, 3.8) is 0 Å². The van der Waals surface area contributed by atoms with Gasteiger partial charge in [0.2, 0.25) is 0 Å². The molecule has 1 unspecified atom stereocenters. The summed E-state index contributed by atoms with van der Waals surface area (Å²) in [4.78, 5) is 0. The van der Waals surface area contributed by atoms with Crippen molar-refractivity contribution < 1.29 is 9.84 Å². The Morgan fingerprint density at radius 1 is 0.933 bits per heavy atom. The minimum atomic E-state index is 0.349. The van der Waals surface area contributed by atoms with Gasteiger partial charge in [-0.3, -0.25) is 0 Å². The van der Waals surface area contributed by atoms with Crippen LogP contribution in [0.25, 0.3) is 0 Å². The maximum Gasteiger partial charge on any atom is 0.0571 e. The Balaban J connectivity index is 3.14. The van der Waals surface area contributed by atoms with Gasteiger partial charge in [0.05, 0.1) is 6.10 Å². The van der Waals surface area contributed by atoms with Crippen LogP contribution in [0.3, 0.4) is 0 Å². The van der Waals surface area contributed by atoms with Crippen LogP contribution < -0.4 is 0 Å². The lowest BCUT2D eigenvalue weighted by molar-refractivity contribution is 0.0849. The SMILES string of the molecule is CCCC(CCCCCCCCO)OC. The summed E-state index contributed by atoms with van der Waals surface area (Å²) in [6.07, 6.45) is 11.4. The van der Waals surface area contributed by atoms with E-state index >= 15 is 0 Å². The van der Waals surface area contributed by atoms with Gasteiger partial charge in [-0.15, -0.1) is 0 Å². The van der Waals surface area contributed by atoms with Crippen molar-refractivity contribution in [2.45, 2.75) is 70.8 Å². The molecule has 2 heteroatoms. The quantitative estimate of drug-likeness (QED) is 0.535. The molecular weight excluding hydrogens is 188 g/mol. The van der Waals surface area contributed by atoms with Crippen molar-refractivity contribution in [2.24, 2.45) is 0 Å². The van der Waals surface area contributed by atoms with Gasteiger partial charge < -0.3 is 9.84 Å². The van der Waals surface area contributed by atoms with Gasteiger partial charge in [0.15, 0.2) is 0 Å². The number of rotatable bonds is 11. The maximum atomic E-state index is 8.62. The first-order valence-corrected chi connectivity index (χ1v) is 6.48. The predicted molar refractivity (Wildman–Crippen MR) is 65.1 cm³/mol. The van der Waals surface area contributed by atoms with Gasteiger partial charge in [-0.05, 0) is 19.3 Å². The van der Waals surface area contributed by atoms with E-state index in [2.05, 4.69) is 6.92 Å². The molecule has 92 valence electrons. The molecule has 0 aromatic rings. The Morgan fingerprint density at radius 3 is 2.07 bits per heavy atom. The van der Waals surface area contributed by atoms with Gasteiger partial charge >= 0.3 is 0 Å². The van der Waals surface area contributed by atoms with Crippen LogP contribution in [0.4, 0.5) is 0 Å². The van der Waals surface area contributed by atoms with E-state index in [4.69, 9.17) is 9.84 Å². The van der Waals surface area contributed by atoms with E-state index in [0.717, 1.165) is 6.42 Å². The summed E-state index contributed by atoms with van der Waals surface area (Å²) in [7, 11) is 1.82. The van der Waals surface area contributed by atoms with Gasteiger partial charge in [0, 0.05) is 13.7 Å². The molecule has 0 fully saturated rings. The van der Waals surface area contributed by atoms with Crippen molar-refractivity contribution >= 4 is 0 Å². The fourth-order valence-corrected chi connectivity index (χ4v) is 1.89. The molecule has 0 bridgehead atoms. The summed E-state index contributed by atoms with van der Waals surface area (Å²) < 4.78 is 5.40. The smallest absolute Gasteiger partial charge is 0.0571 e. The van der Waals surface area contributed by atoms with Crippen molar-refractivity contribution in [3.8, 4) is 0 Å². The summed E-state index contributed by atoms with van der Waals surface area (Å²) in [5.74, 6) is 0. The number of hydrogen-bond acceptors (Lipinski definition) is 2. The lowest BCUT2D eigenvalue weighted by Gasteiger charge is -2.13. The number of aliphatic hydroxyl groups excluding tert-OH is 1. The summed E-state index contributed by atoms with van der Waals surface area (Å²) in [6, 6.07) is 0. The highest BCUT2D eigenvalue weighted by Gasteiger charge is 2.04. The lowest BCUT2D eigenvalue weighted by Crippen LogP contribution is -2.09. The van der Waals surface area contributed by atoms with Crippen LogP contribution in [0.5, 0.6) is 0 Å². The minimum Gasteiger partial charge on any atom is -0.396 e. The Morgan fingerprint density at radius 2 is 1.53 bits per heavy atom. The first-order valence-electron chi connectivity index (χ1n) is 6.48. The maximum absolute atomic E-state index is 8.62. The van der Waals surface area contributed by atoms with E-state index in [9.17, 15) is 0 Å². The second-order valence-electron chi connectivity index (χ2n) is 4.28. The normalized spacial score (nSPS) is 13.0. The molecule has 0 saturated heterocycles. The summed E-state index contributed by atoms with van der Waals surface area (Å²) in [5, 5.41) is 8.62. The molecule has 2 nitrogen and oxygen atoms in total. The van der Waals surface area contributed by atoms with Crippen LogP contribution >= 0.6 is 0 Å². The highest BCUT2D eigenvalue weighted by Crippen LogP contribution is 2.13. The molecule has 0 saturated carbocycles. The first-order chi connectivity index (χ1) is 7.35. The van der Waals surface area contributed by atoms with Gasteiger partial charge in [0.25, 0.3) is 0 Å². The topological polar surface area (TPSA) is 29.5 Å². The number of ether oxygens (including phenoxy) is 1. The van der Waals surface area contributed by atoms with E-state index in [0.29, 0.717) is 12.7 Å². The van der Waals surface area contributed by atoms with E-state index in [1.165, 1.54) is 51.4 Å². The number of hydrogen-bond donors (Lipinski definition) is 1.